The molecule has 134 valence electrons. The predicted molar refractivity (Wildman–Crippen MR) is 102 cm³/mol. The van der Waals surface area contributed by atoms with E-state index in [1.54, 1.807) is 5.38 Å². The van der Waals surface area contributed by atoms with Gasteiger partial charge >= 0.3 is 0 Å². The van der Waals surface area contributed by atoms with Crippen LogP contribution in [0.4, 0.5) is 0 Å². The normalized spacial score (nSPS) is 16.1. The molecule has 5 nitrogen and oxygen atoms in total. The lowest BCUT2D eigenvalue weighted by molar-refractivity contribution is 0.0931. The first-order valence-corrected chi connectivity index (χ1v) is 9.80. The SMILES string of the molecule is NCc1nc(C(=O)NCC2CCN(Cc3ccccc3Cl)CC2)cs1. The van der Waals surface area contributed by atoms with Gasteiger partial charge in [0.05, 0.1) is 0 Å². The Morgan fingerprint density at radius 2 is 2.12 bits per heavy atom. The summed E-state index contributed by atoms with van der Waals surface area (Å²) >= 11 is 7.67. The molecule has 1 aromatic carbocycles. The lowest BCUT2D eigenvalue weighted by Crippen LogP contribution is -2.38. The van der Waals surface area contributed by atoms with Crippen molar-refractivity contribution in [2.45, 2.75) is 25.9 Å². The fraction of sp³-hybridized carbons (Fsp3) is 0.444. The van der Waals surface area contributed by atoms with E-state index in [9.17, 15) is 4.79 Å². The zero-order valence-electron chi connectivity index (χ0n) is 14.1. The number of thiazole rings is 1. The van der Waals surface area contributed by atoms with Crippen LogP contribution in [0, 0.1) is 5.92 Å². The highest BCUT2D eigenvalue weighted by Gasteiger charge is 2.21. The van der Waals surface area contributed by atoms with Gasteiger partial charge in [0.15, 0.2) is 0 Å². The molecule has 0 radical (unpaired) electrons. The van der Waals surface area contributed by atoms with Crippen LogP contribution < -0.4 is 11.1 Å². The van der Waals surface area contributed by atoms with Crippen molar-refractivity contribution in [1.82, 2.24) is 15.2 Å². The van der Waals surface area contributed by atoms with Crippen molar-refractivity contribution < 1.29 is 4.79 Å². The number of nitrogens with two attached hydrogens (primary N) is 1. The summed E-state index contributed by atoms with van der Waals surface area (Å²) in [5, 5.41) is 6.39. The van der Waals surface area contributed by atoms with E-state index in [1.807, 2.05) is 18.2 Å². The fourth-order valence-corrected chi connectivity index (χ4v) is 3.90. The van der Waals surface area contributed by atoms with E-state index in [4.69, 9.17) is 17.3 Å². The molecule has 1 fully saturated rings. The number of aromatic nitrogens is 1. The van der Waals surface area contributed by atoms with Gasteiger partial charge in [-0.2, -0.15) is 0 Å². The van der Waals surface area contributed by atoms with E-state index in [0.717, 1.165) is 42.5 Å². The van der Waals surface area contributed by atoms with E-state index >= 15 is 0 Å². The maximum atomic E-state index is 12.1. The first-order chi connectivity index (χ1) is 12.2. The second-order valence-electron chi connectivity index (χ2n) is 6.35. The van der Waals surface area contributed by atoms with Gasteiger partial charge in [-0.05, 0) is 43.5 Å². The smallest absolute Gasteiger partial charge is 0.270 e. The minimum atomic E-state index is -0.102. The van der Waals surface area contributed by atoms with Crippen LogP contribution in [0.15, 0.2) is 29.6 Å². The van der Waals surface area contributed by atoms with Gasteiger partial charge < -0.3 is 11.1 Å². The molecule has 1 saturated heterocycles. The minimum absolute atomic E-state index is 0.102. The predicted octanol–water partition coefficient (Wildman–Crippen LogP) is 2.90. The van der Waals surface area contributed by atoms with Gasteiger partial charge in [0.2, 0.25) is 0 Å². The Labute approximate surface area is 157 Å². The largest absolute Gasteiger partial charge is 0.350 e. The van der Waals surface area contributed by atoms with Gasteiger partial charge in [0.1, 0.15) is 10.7 Å². The van der Waals surface area contributed by atoms with Crippen molar-refractivity contribution in [2.75, 3.05) is 19.6 Å². The third-order valence-corrected chi connectivity index (χ3v) is 5.81. The van der Waals surface area contributed by atoms with Crippen molar-refractivity contribution in [1.29, 1.82) is 0 Å². The van der Waals surface area contributed by atoms with Gasteiger partial charge in [-0.3, -0.25) is 9.69 Å². The Morgan fingerprint density at radius 3 is 2.80 bits per heavy atom. The molecule has 2 heterocycles. The first kappa shape index (κ1) is 18.3. The molecule has 3 rings (SSSR count). The molecule has 2 aromatic rings. The topological polar surface area (TPSA) is 71.2 Å². The molecular formula is C18H23ClN4OS. The third-order valence-electron chi connectivity index (χ3n) is 4.57. The molecule has 0 spiro atoms. The number of rotatable bonds is 6. The van der Waals surface area contributed by atoms with Crippen molar-refractivity contribution >= 4 is 28.8 Å². The van der Waals surface area contributed by atoms with Gasteiger partial charge in [0.25, 0.3) is 5.91 Å². The van der Waals surface area contributed by atoms with Gasteiger partial charge in [-0.1, -0.05) is 29.8 Å². The van der Waals surface area contributed by atoms with Crippen LogP contribution in [0.5, 0.6) is 0 Å². The number of nitrogens with one attached hydrogen (secondary N) is 1. The van der Waals surface area contributed by atoms with E-state index in [1.165, 1.54) is 16.9 Å². The van der Waals surface area contributed by atoms with Gasteiger partial charge in [-0.15, -0.1) is 11.3 Å². The summed E-state index contributed by atoms with van der Waals surface area (Å²) in [7, 11) is 0. The molecule has 0 unspecified atom stereocenters. The Balaban J connectivity index is 1.42. The molecular weight excluding hydrogens is 356 g/mol. The first-order valence-electron chi connectivity index (χ1n) is 8.54. The average molecular weight is 379 g/mol. The second-order valence-corrected chi connectivity index (χ2v) is 7.70. The molecule has 0 bridgehead atoms. The summed E-state index contributed by atoms with van der Waals surface area (Å²) in [6, 6.07) is 8.00. The zero-order chi connectivity index (χ0) is 17.6. The lowest BCUT2D eigenvalue weighted by Gasteiger charge is -2.32. The molecule has 3 N–H and O–H groups in total. The molecule has 1 aliphatic rings. The molecule has 7 heteroatoms. The van der Waals surface area contributed by atoms with Crippen LogP contribution in [-0.2, 0) is 13.1 Å². The van der Waals surface area contributed by atoms with Crippen LogP contribution in [0.1, 0.15) is 33.9 Å². The number of carbonyl (C=O) groups is 1. The molecule has 1 aromatic heterocycles. The summed E-state index contributed by atoms with van der Waals surface area (Å²) in [4.78, 5) is 18.8. The molecule has 0 aliphatic carbocycles. The van der Waals surface area contributed by atoms with Crippen LogP contribution in [-0.4, -0.2) is 35.4 Å². The molecule has 0 atom stereocenters. The number of hydrogen-bond donors (Lipinski definition) is 2. The van der Waals surface area contributed by atoms with Gasteiger partial charge in [0, 0.05) is 30.0 Å². The Morgan fingerprint density at radius 1 is 1.36 bits per heavy atom. The Hall–Kier alpha value is -1.47. The van der Waals surface area contributed by atoms with Crippen LogP contribution in [0.2, 0.25) is 5.02 Å². The van der Waals surface area contributed by atoms with Crippen molar-refractivity contribution in [3.8, 4) is 0 Å². The summed E-state index contributed by atoms with van der Waals surface area (Å²) in [5.41, 5.74) is 7.18. The van der Waals surface area contributed by atoms with E-state index < -0.39 is 0 Å². The maximum Gasteiger partial charge on any atom is 0.270 e. The fourth-order valence-electron chi connectivity index (χ4n) is 3.05. The standard InChI is InChI=1S/C18H23ClN4OS/c19-15-4-2-1-3-14(15)11-23-7-5-13(6-8-23)10-21-18(24)16-12-25-17(9-20)22-16/h1-4,12-13H,5-11,20H2,(H,21,24). The molecule has 1 aliphatic heterocycles. The summed E-state index contributed by atoms with van der Waals surface area (Å²) in [6.07, 6.45) is 2.16. The van der Waals surface area contributed by atoms with Crippen molar-refractivity contribution in [2.24, 2.45) is 11.7 Å². The van der Waals surface area contributed by atoms with E-state index in [0.29, 0.717) is 24.7 Å². The highest BCUT2D eigenvalue weighted by molar-refractivity contribution is 7.09. The number of likely N-dealkylation sites (tertiary alicyclic amines) is 1. The summed E-state index contributed by atoms with van der Waals surface area (Å²) in [6.45, 7) is 4.02. The summed E-state index contributed by atoms with van der Waals surface area (Å²) in [5.74, 6) is 0.411. The number of amides is 1. The Bertz CT molecular complexity index is 713. The number of piperidine rings is 1. The number of benzene rings is 1. The highest BCUT2D eigenvalue weighted by Crippen LogP contribution is 2.22. The van der Waals surface area contributed by atoms with E-state index in [2.05, 4.69) is 21.3 Å². The number of carbonyl (C=O) groups excluding carboxylic acids is 1. The Kier molecular flexibility index (Phi) is 6.42. The quantitative estimate of drug-likeness (QED) is 0.810. The molecule has 25 heavy (non-hydrogen) atoms. The van der Waals surface area contributed by atoms with E-state index in [-0.39, 0.29) is 5.91 Å². The molecule has 0 saturated carbocycles. The maximum absolute atomic E-state index is 12.1. The van der Waals surface area contributed by atoms with Crippen molar-refractivity contribution in [3.63, 3.8) is 0 Å². The van der Waals surface area contributed by atoms with Crippen molar-refractivity contribution in [3.05, 3.63) is 50.9 Å². The number of hydrogen-bond acceptors (Lipinski definition) is 5. The second kappa shape index (κ2) is 8.76. The average Bonchev–Trinajstić information content (AvgIpc) is 3.12. The van der Waals surface area contributed by atoms with Crippen LogP contribution in [0.3, 0.4) is 0 Å². The third kappa shape index (κ3) is 5.01. The number of nitrogens with zero attached hydrogens (tertiary/aromatic N) is 2. The monoisotopic (exact) mass is 378 g/mol. The van der Waals surface area contributed by atoms with Crippen LogP contribution in [0.25, 0.3) is 0 Å². The minimum Gasteiger partial charge on any atom is -0.350 e. The highest BCUT2D eigenvalue weighted by atomic mass is 35.5. The lowest BCUT2D eigenvalue weighted by atomic mass is 9.96. The number of halogens is 1. The summed E-state index contributed by atoms with van der Waals surface area (Å²) < 4.78 is 0. The van der Waals surface area contributed by atoms with Crippen LogP contribution >= 0.6 is 22.9 Å². The zero-order valence-corrected chi connectivity index (χ0v) is 15.7. The van der Waals surface area contributed by atoms with Gasteiger partial charge in [-0.25, -0.2) is 4.98 Å². The molecule has 1 amide bonds.